The van der Waals surface area contributed by atoms with E-state index in [4.69, 9.17) is 0 Å². The molecule has 2 nitrogen and oxygen atoms in total. The van der Waals surface area contributed by atoms with Gasteiger partial charge in [-0.2, -0.15) is 0 Å². The molecule has 0 saturated heterocycles. The summed E-state index contributed by atoms with van der Waals surface area (Å²) >= 11 is 0. The third-order valence-corrected chi connectivity index (χ3v) is 3.45. The summed E-state index contributed by atoms with van der Waals surface area (Å²) in [5, 5.41) is 10.1. The fourth-order valence-electron chi connectivity index (χ4n) is 2.24. The van der Waals surface area contributed by atoms with Crippen molar-refractivity contribution < 1.29 is 78.8 Å². The van der Waals surface area contributed by atoms with Crippen molar-refractivity contribution in [1.82, 2.24) is 0 Å². The maximum atomic E-state index is 10.1. The summed E-state index contributed by atoms with van der Waals surface area (Å²) in [6.07, 6.45) is 22.3. The van der Waals surface area contributed by atoms with Gasteiger partial charge in [0, 0.05) is 0 Å². The van der Waals surface area contributed by atoms with Gasteiger partial charge >= 0.3 is 68.9 Å². The smallest absolute Gasteiger partial charge is 0.545 e. The van der Waals surface area contributed by atoms with E-state index in [9.17, 15) is 9.90 Å². The molecule has 0 aliphatic carbocycles. The minimum absolute atomic E-state index is 0. The average Bonchev–Trinajstić information content (AvgIpc) is 2.43. The molecule has 0 amide bonds. The molecule has 0 saturated carbocycles. The number of carbonyl (C=O) groups excluding carboxylic acids is 1. The van der Waals surface area contributed by atoms with Crippen LogP contribution in [-0.2, 0) is 4.79 Å². The Kier molecular flexibility index (Phi) is 24.3. The Balaban J connectivity index is 0. The zero-order valence-corrected chi connectivity index (χ0v) is 20.4. The summed E-state index contributed by atoms with van der Waals surface area (Å²) in [6, 6.07) is 0. The molecule has 0 aromatic carbocycles. The zero-order valence-electron chi connectivity index (χ0n) is 14.1. The fraction of sp³-hybridized carbons (Fsp3) is 0.722. The van der Waals surface area contributed by atoms with Crippen LogP contribution < -0.4 is 74.0 Å². The van der Waals surface area contributed by atoms with Crippen molar-refractivity contribution in [2.24, 2.45) is 0 Å². The van der Waals surface area contributed by atoms with E-state index in [-0.39, 0.29) is 68.9 Å². The van der Waals surface area contributed by atoms with Crippen LogP contribution in [0.25, 0.3) is 0 Å². The van der Waals surface area contributed by atoms with Gasteiger partial charge in [-0.15, -0.1) is 0 Å². The van der Waals surface area contributed by atoms with Crippen LogP contribution in [0.2, 0.25) is 0 Å². The van der Waals surface area contributed by atoms with Gasteiger partial charge in [0.2, 0.25) is 0 Å². The molecule has 21 heavy (non-hydrogen) atoms. The van der Waals surface area contributed by atoms with Gasteiger partial charge in [0.1, 0.15) is 0 Å². The summed E-state index contributed by atoms with van der Waals surface area (Å²) in [5.41, 5.74) is 0. The van der Waals surface area contributed by atoms with E-state index < -0.39 is 5.97 Å². The Bertz CT molecular complexity index is 272. The van der Waals surface area contributed by atoms with E-state index in [2.05, 4.69) is 6.92 Å². The van der Waals surface area contributed by atoms with Crippen LogP contribution in [0.5, 0.6) is 0 Å². The molecular formula is C18H31CsO2. The first kappa shape index (κ1) is 24.3. The Morgan fingerprint density at radius 1 is 0.810 bits per heavy atom. The Morgan fingerprint density at radius 3 is 1.76 bits per heavy atom. The predicted molar refractivity (Wildman–Crippen MR) is 84.4 cm³/mol. The Labute approximate surface area is 190 Å². The van der Waals surface area contributed by atoms with Gasteiger partial charge in [-0.25, -0.2) is 0 Å². The van der Waals surface area contributed by atoms with Crippen molar-refractivity contribution in [2.75, 3.05) is 0 Å². The first-order valence-corrected chi connectivity index (χ1v) is 8.31. The normalized spacial score (nSPS) is 11.1. The molecule has 0 aliphatic heterocycles. The van der Waals surface area contributed by atoms with Gasteiger partial charge in [0.15, 0.2) is 0 Å². The largest absolute Gasteiger partial charge is 1.00 e. The molecule has 0 atom stereocenters. The van der Waals surface area contributed by atoms with Crippen LogP contribution in [0.4, 0.5) is 0 Å². The maximum absolute atomic E-state index is 10.1. The number of allylic oxidation sites excluding steroid dienone is 3. The fourth-order valence-corrected chi connectivity index (χ4v) is 2.24. The van der Waals surface area contributed by atoms with Crippen molar-refractivity contribution in [3.63, 3.8) is 0 Å². The summed E-state index contributed by atoms with van der Waals surface area (Å²) in [6.45, 7) is 2.26. The second-order valence-corrected chi connectivity index (χ2v) is 5.43. The molecule has 0 aliphatic rings. The number of aliphatic carboxylic acids is 1. The molecule has 0 bridgehead atoms. The van der Waals surface area contributed by atoms with Crippen LogP contribution in [0, 0.1) is 0 Å². The van der Waals surface area contributed by atoms with Crippen LogP contribution in [0.1, 0.15) is 84.0 Å². The SMILES string of the molecule is CCCCCCCCCCCCCC=CC=CC(=O)[O-].[Cs+]. The van der Waals surface area contributed by atoms with Gasteiger partial charge in [-0.05, 0) is 18.9 Å². The van der Waals surface area contributed by atoms with Crippen molar-refractivity contribution in [3.8, 4) is 0 Å². The molecule has 0 spiro atoms. The first-order valence-electron chi connectivity index (χ1n) is 8.31. The number of rotatable bonds is 14. The van der Waals surface area contributed by atoms with Crippen molar-refractivity contribution in [3.05, 3.63) is 24.3 Å². The van der Waals surface area contributed by atoms with Crippen molar-refractivity contribution in [2.45, 2.75) is 84.0 Å². The first-order chi connectivity index (χ1) is 9.77. The van der Waals surface area contributed by atoms with E-state index >= 15 is 0 Å². The number of unbranched alkanes of at least 4 members (excludes halogenated alkanes) is 11. The van der Waals surface area contributed by atoms with Crippen LogP contribution in [0.15, 0.2) is 24.3 Å². The van der Waals surface area contributed by atoms with E-state index in [1.807, 2.05) is 6.08 Å². The van der Waals surface area contributed by atoms with Crippen LogP contribution >= 0.6 is 0 Å². The molecule has 0 N–H and O–H groups in total. The predicted octanol–water partition coefficient (Wildman–Crippen LogP) is 1.55. The Morgan fingerprint density at radius 2 is 1.29 bits per heavy atom. The van der Waals surface area contributed by atoms with E-state index in [0.717, 1.165) is 12.5 Å². The quantitative estimate of drug-likeness (QED) is 0.247. The summed E-state index contributed by atoms with van der Waals surface area (Å²) in [4.78, 5) is 10.1. The van der Waals surface area contributed by atoms with Gasteiger partial charge < -0.3 is 9.90 Å². The molecule has 0 aromatic heterocycles. The average molecular weight is 412 g/mol. The van der Waals surface area contributed by atoms with Gasteiger partial charge in [0.25, 0.3) is 0 Å². The minimum Gasteiger partial charge on any atom is -0.545 e. The third kappa shape index (κ3) is 23.4. The van der Waals surface area contributed by atoms with Crippen LogP contribution in [0.3, 0.4) is 0 Å². The summed E-state index contributed by atoms with van der Waals surface area (Å²) < 4.78 is 0. The van der Waals surface area contributed by atoms with Crippen LogP contribution in [-0.4, -0.2) is 5.97 Å². The molecule has 116 valence electrons. The zero-order chi connectivity index (χ0) is 14.9. The number of carboxylic acid groups (broad SMARTS) is 1. The molecule has 3 heteroatoms. The number of carbonyl (C=O) groups is 1. The summed E-state index contributed by atoms with van der Waals surface area (Å²) in [7, 11) is 0. The van der Waals surface area contributed by atoms with E-state index in [1.165, 1.54) is 76.7 Å². The summed E-state index contributed by atoms with van der Waals surface area (Å²) in [5.74, 6) is -1.13. The number of hydrogen-bond donors (Lipinski definition) is 0. The third-order valence-electron chi connectivity index (χ3n) is 3.45. The molecule has 0 aromatic rings. The Hall–Kier alpha value is 1.00. The van der Waals surface area contributed by atoms with Crippen molar-refractivity contribution in [1.29, 1.82) is 0 Å². The monoisotopic (exact) mass is 412 g/mol. The van der Waals surface area contributed by atoms with Gasteiger partial charge in [-0.1, -0.05) is 89.4 Å². The van der Waals surface area contributed by atoms with Gasteiger partial charge in [0.05, 0.1) is 5.97 Å². The van der Waals surface area contributed by atoms with Crippen molar-refractivity contribution >= 4 is 5.97 Å². The second-order valence-electron chi connectivity index (χ2n) is 5.43. The van der Waals surface area contributed by atoms with Gasteiger partial charge in [-0.3, -0.25) is 0 Å². The number of hydrogen-bond acceptors (Lipinski definition) is 2. The molecule has 0 unspecified atom stereocenters. The molecule has 0 rings (SSSR count). The van der Waals surface area contributed by atoms with E-state index in [0.29, 0.717) is 0 Å². The maximum Gasteiger partial charge on any atom is 1.00 e. The van der Waals surface area contributed by atoms with E-state index in [1.54, 1.807) is 6.08 Å². The standard InChI is InChI=1S/C18H32O2.Cs/c1-2-3-4-5-6-7-8-9-10-11-12-13-14-15-16-17-18(19)20;/h14-17H,2-13H2,1H3,(H,19,20);/q;+1/p-1. The molecule has 0 radical (unpaired) electrons. The topological polar surface area (TPSA) is 40.1 Å². The molecular weight excluding hydrogens is 381 g/mol. The molecule has 0 fully saturated rings. The number of carboxylic acids is 1. The minimum atomic E-state index is -1.13. The second kappa shape index (κ2) is 21.0. The molecule has 0 heterocycles.